The van der Waals surface area contributed by atoms with Crippen LogP contribution in [0.1, 0.15) is 24.4 Å². The topological polar surface area (TPSA) is 89.4 Å². The van der Waals surface area contributed by atoms with Crippen LogP contribution in [0.25, 0.3) is 0 Å². The van der Waals surface area contributed by atoms with Crippen molar-refractivity contribution in [1.29, 1.82) is 0 Å². The Balaban J connectivity index is 2.41. The lowest BCUT2D eigenvalue weighted by Gasteiger charge is -2.11. The van der Waals surface area contributed by atoms with E-state index in [0.717, 1.165) is 12.8 Å². The van der Waals surface area contributed by atoms with Crippen LogP contribution in [-0.4, -0.2) is 10.0 Å². The summed E-state index contributed by atoms with van der Waals surface area (Å²) < 4.78 is 0. The molecular formula is C10H12N2O3. The molecule has 15 heavy (non-hydrogen) atoms. The summed E-state index contributed by atoms with van der Waals surface area (Å²) in [7, 11) is 0. The molecule has 1 aromatic rings. The summed E-state index contributed by atoms with van der Waals surface area (Å²) in [6.45, 7) is 0. The highest BCUT2D eigenvalue weighted by atomic mass is 16.6. The van der Waals surface area contributed by atoms with E-state index in [1.807, 2.05) is 0 Å². The quantitative estimate of drug-likeness (QED) is 0.584. The van der Waals surface area contributed by atoms with Crippen LogP contribution in [0.3, 0.4) is 0 Å². The molecule has 0 radical (unpaired) electrons. The summed E-state index contributed by atoms with van der Waals surface area (Å²) in [5.41, 5.74) is 6.32. The van der Waals surface area contributed by atoms with E-state index in [0.29, 0.717) is 11.5 Å². The summed E-state index contributed by atoms with van der Waals surface area (Å²) in [6, 6.07) is 3.66. The lowest BCUT2D eigenvalue weighted by atomic mass is 10.0. The molecule has 2 rings (SSSR count). The minimum atomic E-state index is -0.461. The van der Waals surface area contributed by atoms with Crippen LogP contribution in [-0.2, 0) is 0 Å². The first kappa shape index (κ1) is 9.92. The molecule has 1 atom stereocenters. The molecule has 1 aromatic carbocycles. The van der Waals surface area contributed by atoms with Gasteiger partial charge in [0.25, 0.3) is 5.69 Å². The van der Waals surface area contributed by atoms with E-state index in [1.54, 1.807) is 0 Å². The molecule has 1 aliphatic carbocycles. The van der Waals surface area contributed by atoms with Gasteiger partial charge in [0.15, 0.2) is 0 Å². The summed E-state index contributed by atoms with van der Waals surface area (Å²) in [5, 5.41) is 20.0. The Labute approximate surface area is 86.7 Å². The third-order valence-corrected chi connectivity index (χ3v) is 2.70. The number of nitro benzene ring substituents is 1. The predicted octanol–water partition coefficient (Wildman–Crippen LogP) is 1.71. The molecule has 0 amide bonds. The lowest BCUT2D eigenvalue weighted by molar-refractivity contribution is -0.385. The van der Waals surface area contributed by atoms with E-state index in [9.17, 15) is 15.2 Å². The molecule has 0 aliphatic heterocycles. The van der Waals surface area contributed by atoms with Gasteiger partial charge in [-0.1, -0.05) is 0 Å². The van der Waals surface area contributed by atoms with Crippen LogP contribution in [0.5, 0.6) is 5.75 Å². The van der Waals surface area contributed by atoms with Crippen molar-refractivity contribution >= 4 is 5.69 Å². The monoisotopic (exact) mass is 208 g/mol. The van der Waals surface area contributed by atoms with Crippen LogP contribution in [0.15, 0.2) is 18.2 Å². The third kappa shape index (κ3) is 1.92. The minimum absolute atomic E-state index is 0.00722. The van der Waals surface area contributed by atoms with Gasteiger partial charge in [0.2, 0.25) is 0 Å². The van der Waals surface area contributed by atoms with Gasteiger partial charge in [-0.2, -0.15) is 0 Å². The third-order valence-electron chi connectivity index (χ3n) is 2.70. The molecule has 80 valence electrons. The fourth-order valence-corrected chi connectivity index (χ4v) is 1.68. The molecule has 5 heteroatoms. The van der Waals surface area contributed by atoms with Crippen LogP contribution in [0.2, 0.25) is 0 Å². The fourth-order valence-electron chi connectivity index (χ4n) is 1.68. The Morgan fingerprint density at radius 3 is 2.73 bits per heavy atom. The zero-order valence-corrected chi connectivity index (χ0v) is 8.09. The summed E-state index contributed by atoms with van der Waals surface area (Å²) >= 11 is 0. The molecule has 0 spiro atoms. The largest absolute Gasteiger partial charge is 0.508 e. The zero-order chi connectivity index (χ0) is 11.0. The molecule has 0 bridgehead atoms. The summed E-state index contributed by atoms with van der Waals surface area (Å²) in [4.78, 5) is 10.3. The van der Waals surface area contributed by atoms with Crippen LogP contribution < -0.4 is 5.73 Å². The number of hydrogen-bond donors (Lipinski definition) is 2. The van der Waals surface area contributed by atoms with Crippen LogP contribution in [0.4, 0.5) is 5.69 Å². The van der Waals surface area contributed by atoms with Crippen molar-refractivity contribution in [2.45, 2.75) is 18.9 Å². The first-order chi connectivity index (χ1) is 7.09. The Kier molecular flexibility index (Phi) is 2.32. The summed E-state index contributed by atoms with van der Waals surface area (Å²) in [5.74, 6) is 0.345. The van der Waals surface area contributed by atoms with E-state index in [-0.39, 0.29) is 17.5 Å². The van der Waals surface area contributed by atoms with E-state index in [2.05, 4.69) is 0 Å². The molecule has 1 aliphatic rings. The standard InChI is InChI=1S/C10H12N2O3/c11-10(6-1-2-6)8-5-7(13)3-4-9(8)12(14)15/h3-6,10,13H,1-2,11H2/t10-/m0/s1. The second-order valence-corrected chi connectivity index (χ2v) is 3.86. The Bertz CT molecular complexity index is 402. The van der Waals surface area contributed by atoms with Gasteiger partial charge in [0.1, 0.15) is 5.75 Å². The maximum Gasteiger partial charge on any atom is 0.274 e. The second-order valence-electron chi connectivity index (χ2n) is 3.86. The van der Waals surface area contributed by atoms with Gasteiger partial charge in [-0.15, -0.1) is 0 Å². The number of hydrogen-bond acceptors (Lipinski definition) is 4. The zero-order valence-electron chi connectivity index (χ0n) is 8.09. The minimum Gasteiger partial charge on any atom is -0.508 e. The number of phenols is 1. The molecule has 0 heterocycles. The van der Waals surface area contributed by atoms with E-state index >= 15 is 0 Å². The second kappa shape index (κ2) is 3.51. The molecule has 1 fully saturated rings. The highest BCUT2D eigenvalue weighted by Gasteiger charge is 2.33. The number of benzene rings is 1. The number of rotatable bonds is 3. The average molecular weight is 208 g/mol. The normalized spacial score (nSPS) is 17.4. The number of nitrogens with two attached hydrogens (primary N) is 1. The number of nitro groups is 1. The van der Waals surface area contributed by atoms with E-state index in [1.165, 1.54) is 18.2 Å². The van der Waals surface area contributed by atoms with Crippen molar-refractivity contribution in [3.63, 3.8) is 0 Å². The van der Waals surface area contributed by atoms with Crippen molar-refractivity contribution in [2.24, 2.45) is 11.7 Å². The molecule has 0 aromatic heterocycles. The van der Waals surface area contributed by atoms with E-state index in [4.69, 9.17) is 5.73 Å². The molecule has 5 nitrogen and oxygen atoms in total. The van der Waals surface area contributed by atoms with Crippen molar-refractivity contribution < 1.29 is 10.0 Å². The first-order valence-corrected chi connectivity index (χ1v) is 4.82. The van der Waals surface area contributed by atoms with Crippen molar-refractivity contribution in [3.8, 4) is 5.75 Å². The fraction of sp³-hybridized carbons (Fsp3) is 0.400. The Morgan fingerprint density at radius 1 is 1.53 bits per heavy atom. The average Bonchev–Trinajstić information content (AvgIpc) is 2.99. The van der Waals surface area contributed by atoms with Crippen LogP contribution in [0, 0.1) is 16.0 Å². The Morgan fingerprint density at radius 2 is 2.20 bits per heavy atom. The SMILES string of the molecule is N[C@H](c1cc(O)ccc1[N+](=O)[O-])C1CC1. The van der Waals surface area contributed by atoms with Crippen molar-refractivity contribution in [3.05, 3.63) is 33.9 Å². The van der Waals surface area contributed by atoms with Crippen molar-refractivity contribution in [2.75, 3.05) is 0 Å². The smallest absolute Gasteiger partial charge is 0.274 e. The highest BCUT2D eigenvalue weighted by Crippen LogP contribution is 2.42. The summed E-state index contributed by atoms with van der Waals surface area (Å²) in [6.07, 6.45) is 2.02. The molecule has 0 saturated heterocycles. The molecule has 1 saturated carbocycles. The lowest BCUT2D eigenvalue weighted by Crippen LogP contribution is -2.14. The highest BCUT2D eigenvalue weighted by molar-refractivity contribution is 5.47. The first-order valence-electron chi connectivity index (χ1n) is 4.82. The molecule has 0 unspecified atom stereocenters. The van der Waals surface area contributed by atoms with Gasteiger partial charge in [-0.3, -0.25) is 10.1 Å². The van der Waals surface area contributed by atoms with Gasteiger partial charge < -0.3 is 10.8 Å². The molecule has 3 N–H and O–H groups in total. The van der Waals surface area contributed by atoms with Gasteiger partial charge in [-0.05, 0) is 30.9 Å². The van der Waals surface area contributed by atoms with Crippen LogP contribution >= 0.6 is 0 Å². The van der Waals surface area contributed by atoms with Gasteiger partial charge in [-0.25, -0.2) is 0 Å². The Hall–Kier alpha value is -1.62. The maximum absolute atomic E-state index is 10.7. The van der Waals surface area contributed by atoms with Crippen molar-refractivity contribution in [1.82, 2.24) is 0 Å². The van der Waals surface area contributed by atoms with Gasteiger partial charge >= 0.3 is 0 Å². The van der Waals surface area contributed by atoms with Gasteiger partial charge in [0, 0.05) is 12.1 Å². The molecular weight excluding hydrogens is 196 g/mol. The number of phenolic OH excluding ortho intramolecular Hbond substituents is 1. The van der Waals surface area contributed by atoms with E-state index < -0.39 is 4.92 Å². The predicted molar refractivity (Wildman–Crippen MR) is 54.4 cm³/mol. The number of nitrogens with zero attached hydrogens (tertiary/aromatic N) is 1. The van der Waals surface area contributed by atoms with Gasteiger partial charge in [0.05, 0.1) is 10.5 Å². The number of aromatic hydroxyl groups is 1. The maximum atomic E-state index is 10.7.